The molecule has 1 fully saturated rings. The number of fused-ring (bicyclic) bond motifs is 2. The van der Waals surface area contributed by atoms with Crippen molar-refractivity contribution in [3.05, 3.63) is 51.9 Å². The monoisotopic (exact) mass is 419 g/mol. The molecule has 7 heteroatoms. The maximum Gasteiger partial charge on any atom is 0.261 e. The van der Waals surface area contributed by atoms with Gasteiger partial charge in [-0.3, -0.25) is 14.3 Å². The first kappa shape index (κ1) is 19.8. The van der Waals surface area contributed by atoms with Gasteiger partial charge in [-0.05, 0) is 62.4 Å². The highest BCUT2D eigenvalue weighted by Gasteiger charge is 2.30. The molecule has 3 heterocycles. The number of aromatic amines is 1. The van der Waals surface area contributed by atoms with E-state index in [-0.39, 0.29) is 17.5 Å². The first-order chi connectivity index (χ1) is 14.9. The number of amides is 1. The van der Waals surface area contributed by atoms with E-state index in [2.05, 4.69) is 17.2 Å². The van der Waals surface area contributed by atoms with Crippen LogP contribution < -0.4 is 10.9 Å². The quantitative estimate of drug-likeness (QED) is 0.648. The summed E-state index contributed by atoms with van der Waals surface area (Å²) in [6.07, 6.45) is 6.40. The molecule has 5 rings (SSSR count). The van der Waals surface area contributed by atoms with E-state index < -0.39 is 0 Å². The summed E-state index contributed by atoms with van der Waals surface area (Å²) < 4.78 is 2.05. The fourth-order valence-corrected chi connectivity index (χ4v) is 5.07. The number of H-pyrrole nitrogens is 1. The largest absolute Gasteiger partial charge is 0.338 e. The van der Waals surface area contributed by atoms with E-state index in [0.717, 1.165) is 28.8 Å². The van der Waals surface area contributed by atoms with E-state index in [1.165, 1.54) is 19.3 Å². The van der Waals surface area contributed by atoms with Crippen LogP contribution in [0, 0.1) is 5.92 Å². The first-order valence-corrected chi connectivity index (χ1v) is 11.2. The van der Waals surface area contributed by atoms with Gasteiger partial charge in [0.25, 0.3) is 11.5 Å². The molecule has 1 amide bonds. The number of aromatic nitrogens is 3. The average Bonchev–Trinajstić information content (AvgIpc) is 3.27. The number of nitrogens with one attached hydrogen (secondary N) is 2. The minimum atomic E-state index is -0.142. The minimum Gasteiger partial charge on any atom is -0.338 e. The molecule has 2 N–H and O–H groups in total. The van der Waals surface area contributed by atoms with Crippen molar-refractivity contribution in [2.75, 3.05) is 5.32 Å². The zero-order valence-electron chi connectivity index (χ0n) is 18.3. The average molecular weight is 420 g/mol. The highest BCUT2D eigenvalue weighted by Crippen LogP contribution is 2.37. The number of hydrogen-bond acceptors (Lipinski definition) is 4. The van der Waals surface area contributed by atoms with Gasteiger partial charge < -0.3 is 15.2 Å². The Kier molecular flexibility index (Phi) is 4.84. The fraction of sp³-hybridized carbons (Fsp3) is 0.458. The summed E-state index contributed by atoms with van der Waals surface area (Å²) in [6, 6.07) is 8.16. The van der Waals surface area contributed by atoms with Crippen LogP contribution in [0.5, 0.6) is 0 Å². The topological polar surface area (TPSA) is 83.0 Å². The number of nitrogens with zero attached hydrogens (tertiary/aromatic N) is 3. The summed E-state index contributed by atoms with van der Waals surface area (Å²) in [5.74, 6) is 1.17. The molecule has 1 saturated carbocycles. The lowest BCUT2D eigenvalue weighted by atomic mass is 9.86. The first-order valence-electron chi connectivity index (χ1n) is 11.2. The van der Waals surface area contributed by atoms with Crippen molar-refractivity contribution in [1.82, 2.24) is 19.7 Å². The summed E-state index contributed by atoms with van der Waals surface area (Å²) in [4.78, 5) is 30.0. The molecule has 0 saturated heterocycles. The fourth-order valence-electron chi connectivity index (χ4n) is 5.07. The third kappa shape index (κ3) is 3.32. The molecule has 3 aromatic rings. The van der Waals surface area contributed by atoms with Gasteiger partial charge in [0.1, 0.15) is 5.39 Å². The molecule has 2 aromatic heterocycles. The van der Waals surface area contributed by atoms with Crippen molar-refractivity contribution >= 4 is 28.3 Å². The third-order valence-corrected chi connectivity index (χ3v) is 6.83. The molecule has 1 aliphatic carbocycles. The second-order valence-electron chi connectivity index (χ2n) is 9.21. The van der Waals surface area contributed by atoms with Crippen LogP contribution >= 0.6 is 0 Å². The molecule has 0 radical (unpaired) electrons. The number of anilines is 2. The van der Waals surface area contributed by atoms with E-state index in [1.54, 1.807) is 6.20 Å². The van der Waals surface area contributed by atoms with E-state index in [1.807, 2.05) is 47.7 Å². The van der Waals surface area contributed by atoms with Gasteiger partial charge in [0, 0.05) is 30.0 Å². The van der Waals surface area contributed by atoms with Crippen molar-refractivity contribution in [3.63, 3.8) is 0 Å². The van der Waals surface area contributed by atoms with E-state index in [4.69, 9.17) is 5.10 Å². The predicted octanol–water partition coefficient (Wildman–Crippen LogP) is 4.58. The van der Waals surface area contributed by atoms with Crippen molar-refractivity contribution in [2.24, 2.45) is 5.92 Å². The van der Waals surface area contributed by atoms with Gasteiger partial charge in [-0.1, -0.05) is 19.8 Å². The van der Waals surface area contributed by atoms with Crippen molar-refractivity contribution in [1.29, 1.82) is 0 Å². The van der Waals surface area contributed by atoms with Gasteiger partial charge in [-0.15, -0.1) is 0 Å². The molecular formula is C24H29N5O2. The lowest BCUT2D eigenvalue weighted by molar-refractivity contribution is 0.0730. The van der Waals surface area contributed by atoms with Crippen molar-refractivity contribution < 1.29 is 4.79 Å². The van der Waals surface area contributed by atoms with Gasteiger partial charge >= 0.3 is 0 Å². The lowest BCUT2D eigenvalue weighted by Crippen LogP contribution is -2.30. The Morgan fingerprint density at radius 2 is 1.97 bits per heavy atom. The molecule has 31 heavy (non-hydrogen) atoms. The number of rotatable bonds is 4. The summed E-state index contributed by atoms with van der Waals surface area (Å²) in [6.45, 7) is 6.94. The van der Waals surface area contributed by atoms with Crippen molar-refractivity contribution in [2.45, 2.75) is 65.1 Å². The van der Waals surface area contributed by atoms with Crippen LogP contribution in [0.15, 0.2) is 35.3 Å². The molecule has 2 aliphatic rings. The molecule has 7 nitrogen and oxygen atoms in total. The Balaban J connectivity index is 1.53. The Hall–Kier alpha value is -3.09. The summed E-state index contributed by atoms with van der Waals surface area (Å²) >= 11 is 0. The predicted molar refractivity (Wildman–Crippen MR) is 122 cm³/mol. The third-order valence-electron chi connectivity index (χ3n) is 6.83. The highest BCUT2D eigenvalue weighted by molar-refractivity contribution is 5.99. The zero-order valence-corrected chi connectivity index (χ0v) is 18.3. The minimum absolute atomic E-state index is 0.0778. The van der Waals surface area contributed by atoms with Gasteiger partial charge in [-0.25, -0.2) is 0 Å². The number of pyridine rings is 1. The van der Waals surface area contributed by atoms with Crippen LogP contribution in [0.3, 0.4) is 0 Å². The number of benzene rings is 1. The van der Waals surface area contributed by atoms with Gasteiger partial charge in [-0.2, -0.15) is 5.10 Å². The smallest absolute Gasteiger partial charge is 0.261 e. The van der Waals surface area contributed by atoms with E-state index in [9.17, 15) is 9.59 Å². The summed E-state index contributed by atoms with van der Waals surface area (Å²) in [7, 11) is 0. The van der Waals surface area contributed by atoms with Crippen molar-refractivity contribution in [3.8, 4) is 0 Å². The zero-order chi connectivity index (χ0) is 21.7. The molecule has 0 unspecified atom stereocenters. The van der Waals surface area contributed by atoms with Gasteiger partial charge in [0.05, 0.1) is 11.6 Å². The molecule has 1 aromatic carbocycles. The van der Waals surface area contributed by atoms with Gasteiger partial charge in [0.2, 0.25) is 0 Å². The SMILES string of the molecule is CC(C)N1Cc2cc(Nc3nn([C@H]4CCCC[C@@H]4C)c4cc[nH]c(=O)c34)ccc2C1=O. The Bertz CT molecular complexity index is 1210. The summed E-state index contributed by atoms with van der Waals surface area (Å²) in [5, 5.41) is 8.83. The van der Waals surface area contributed by atoms with Gasteiger partial charge in [0.15, 0.2) is 5.82 Å². The van der Waals surface area contributed by atoms with E-state index >= 15 is 0 Å². The van der Waals surface area contributed by atoms with Crippen LogP contribution in [0.2, 0.25) is 0 Å². The Labute approximate surface area is 181 Å². The van der Waals surface area contributed by atoms with E-state index in [0.29, 0.717) is 29.7 Å². The molecule has 2 atom stereocenters. The lowest BCUT2D eigenvalue weighted by Gasteiger charge is -2.29. The van der Waals surface area contributed by atoms with Crippen LogP contribution in [-0.4, -0.2) is 31.6 Å². The number of carbonyl (C=O) groups excluding carboxylic acids is 1. The van der Waals surface area contributed by atoms with Crippen LogP contribution in [-0.2, 0) is 6.54 Å². The second-order valence-corrected chi connectivity index (χ2v) is 9.21. The maximum atomic E-state index is 12.7. The van der Waals surface area contributed by atoms with Crippen LogP contribution in [0.4, 0.5) is 11.5 Å². The number of carbonyl (C=O) groups is 1. The number of hydrogen-bond donors (Lipinski definition) is 2. The summed E-state index contributed by atoms with van der Waals surface area (Å²) in [5.41, 5.74) is 3.32. The Morgan fingerprint density at radius 3 is 2.74 bits per heavy atom. The normalized spacial score (nSPS) is 21.2. The molecule has 0 spiro atoms. The Morgan fingerprint density at radius 1 is 1.16 bits per heavy atom. The molecule has 0 bridgehead atoms. The van der Waals surface area contributed by atoms with Crippen LogP contribution in [0.25, 0.3) is 10.9 Å². The second kappa shape index (κ2) is 7.55. The molecule has 162 valence electrons. The highest BCUT2D eigenvalue weighted by atomic mass is 16.2. The molecule has 1 aliphatic heterocycles. The molecular weight excluding hydrogens is 390 g/mol. The maximum absolute atomic E-state index is 12.7. The standard InChI is InChI=1S/C24H29N5O2/c1-14(2)28-13-16-12-17(8-9-18(16)24(28)31)26-22-21-20(10-11-25-23(21)30)29(27-22)19-7-5-4-6-15(19)3/h8-12,14-15,19H,4-7,13H2,1-3H3,(H,25,30)(H,26,27)/t15-,19-/m0/s1. The van der Waals surface area contributed by atoms with Crippen LogP contribution in [0.1, 0.15) is 68.4 Å².